The number of anilines is 2. The van der Waals surface area contributed by atoms with Crippen molar-refractivity contribution in [3.05, 3.63) is 29.8 Å². The molecule has 0 spiro atoms. The minimum atomic E-state index is 0.289. The molecule has 0 saturated heterocycles. The molecule has 3 heteroatoms. The van der Waals surface area contributed by atoms with Crippen LogP contribution in [0, 0.1) is 46.3 Å². The van der Waals surface area contributed by atoms with E-state index in [-0.39, 0.29) is 6.10 Å². The summed E-state index contributed by atoms with van der Waals surface area (Å²) in [5, 5.41) is 0. The number of allylic oxidation sites excluding steroid dienone is 2. The van der Waals surface area contributed by atoms with Crippen molar-refractivity contribution in [2.75, 3.05) is 11.5 Å². The van der Waals surface area contributed by atoms with E-state index in [1.54, 1.807) is 0 Å². The van der Waals surface area contributed by atoms with Gasteiger partial charge in [0, 0.05) is 5.69 Å². The first-order chi connectivity index (χ1) is 17.1. The smallest absolute Gasteiger partial charge is 0.142 e. The van der Waals surface area contributed by atoms with Crippen molar-refractivity contribution >= 4 is 11.4 Å². The van der Waals surface area contributed by atoms with Crippen molar-refractivity contribution in [3.8, 4) is 5.75 Å². The van der Waals surface area contributed by atoms with Crippen LogP contribution in [0.3, 0.4) is 0 Å². The molecule has 36 heavy (non-hydrogen) atoms. The van der Waals surface area contributed by atoms with Crippen molar-refractivity contribution in [2.24, 2.45) is 46.3 Å². The highest BCUT2D eigenvalue weighted by atomic mass is 16.5. The first kappa shape index (κ1) is 26.0. The van der Waals surface area contributed by atoms with Gasteiger partial charge >= 0.3 is 0 Å². The Kier molecular flexibility index (Phi) is 7.16. The van der Waals surface area contributed by atoms with Crippen molar-refractivity contribution in [2.45, 2.75) is 111 Å². The summed E-state index contributed by atoms with van der Waals surface area (Å²) in [6.07, 6.45) is 17.7. The zero-order valence-electron chi connectivity index (χ0n) is 23.7. The Bertz CT molecular complexity index is 966. The number of nitrogen functional groups attached to an aromatic ring is 2. The molecule has 4 N–H and O–H groups in total. The quantitative estimate of drug-likeness (QED) is 0.308. The largest absolute Gasteiger partial charge is 0.488 e. The molecule has 0 heterocycles. The molecule has 4 saturated carbocycles. The number of nitrogens with two attached hydrogens (primary N) is 2. The van der Waals surface area contributed by atoms with E-state index in [2.05, 4.69) is 40.7 Å². The van der Waals surface area contributed by atoms with E-state index in [1.165, 1.54) is 69.8 Å². The zero-order valence-corrected chi connectivity index (χ0v) is 23.7. The Morgan fingerprint density at radius 2 is 1.75 bits per heavy atom. The van der Waals surface area contributed by atoms with Crippen LogP contribution >= 0.6 is 0 Å². The van der Waals surface area contributed by atoms with Gasteiger partial charge in [-0.05, 0) is 149 Å². The van der Waals surface area contributed by atoms with Crippen LogP contribution in [0.1, 0.15) is 105 Å². The lowest BCUT2D eigenvalue weighted by molar-refractivity contribution is -0.126. The molecule has 1 aromatic rings. The number of fused-ring (bicyclic) bond motifs is 5. The highest BCUT2D eigenvalue weighted by molar-refractivity contribution is 5.60. The number of hydrogen-bond donors (Lipinski definition) is 2. The van der Waals surface area contributed by atoms with Crippen LogP contribution in [0.15, 0.2) is 29.8 Å². The fourth-order valence-corrected chi connectivity index (χ4v) is 9.99. The summed E-state index contributed by atoms with van der Waals surface area (Å²) in [5.74, 6) is 6.20. The number of ether oxygens (including phenoxy) is 1. The summed E-state index contributed by atoms with van der Waals surface area (Å²) in [6, 6.07) is 5.68. The standard InChI is InChI=1S/C33H52N2O/c1-21(2)7-6-8-22(3)27-12-13-28-26-11-9-23-19-25(36-31-14-10-24(34)20-30(31)35)15-17-32(23,4)29(26)16-18-33(27,28)5/h7,10,14,20,22-23,25-29H,6,8-9,11-13,15-19,34-35H2,1-5H3. The number of rotatable bonds is 6. The van der Waals surface area contributed by atoms with Gasteiger partial charge in [-0.25, -0.2) is 0 Å². The van der Waals surface area contributed by atoms with Gasteiger partial charge in [0.25, 0.3) is 0 Å². The van der Waals surface area contributed by atoms with Crippen LogP contribution in [0.5, 0.6) is 5.75 Å². The van der Waals surface area contributed by atoms with E-state index in [9.17, 15) is 0 Å². The highest BCUT2D eigenvalue weighted by Gasteiger charge is 2.60. The highest BCUT2D eigenvalue weighted by Crippen LogP contribution is 2.68. The molecule has 200 valence electrons. The molecule has 4 aliphatic rings. The first-order valence-electron chi connectivity index (χ1n) is 15.1. The minimum Gasteiger partial charge on any atom is -0.488 e. The lowest BCUT2D eigenvalue weighted by atomic mass is 9.44. The average Bonchev–Trinajstić information content (AvgIpc) is 3.18. The number of hydrogen-bond acceptors (Lipinski definition) is 3. The predicted molar refractivity (Wildman–Crippen MR) is 153 cm³/mol. The molecule has 0 bridgehead atoms. The zero-order chi connectivity index (χ0) is 25.7. The molecular weight excluding hydrogens is 440 g/mol. The van der Waals surface area contributed by atoms with E-state index in [4.69, 9.17) is 16.2 Å². The lowest BCUT2D eigenvalue weighted by Gasteiger charge is -2.61. The predicted octanol–water partition coefficient (Wildman–Crippen LogP) is 8.64. The topological polar surface area (TPSA) is 61.3 Å². The van der Waals surface area contributed by atoms with E-state index < -0.39 is 0 Å². The SMILES string of the molecule is CC(C)=CCCC(C)C1CCC2C3CCC4CC(Oc5ccc(N)cc5N)CCC4(C)C3CCC12C. The maximum atomic E-state index is 6.46. The van der Waals surface area contributed by atoms with E-state index in [0.717, 1.165) is 47.7 Å². The third-order valence-electron chi connectivity index (χ3n) is 11.9. The average molecular weight is 493 g/mol. The molecule has 4 aliphatic carbocycles. The monoisotopic (exact) mass is 492 g/mol. The van der Waals surface area contributed by atoms with Gasteiger partial charge in [0.1, 0.15) is 5.75 Å². The summed E-state index contributed by atoms with van der Waals surface area (Å²) in [4.78, 5) is 0. The second-order valence-electron chi connectivity index (χ2n) is 14.0. The second kappa shape index (κ2) is 9.91. The summed E-state index contributed by atoms with van der Waals surface area (Å²) < 4.78 is 6.46. The molecule has 3 nitrogen and oxygen atoms in total. The molecule has 0 radical (unpaired) electrons. The maximum absolute atomic E-state index is 6.46. The maximum Gasteiger partial charge on any atom is 0.142 e. The lowest BCUT2D eigenvalue weighted by Crippen LogP contribution is -2.54. The molecule has 4 fully saturated rings. The van der Waals surface area contributed by atoms with Crippen LogP contribution in [0.25, 0.3) is 0 Å². The van der Waals surface area contributed by atoms with Crippen molar-refractivity contribution in [1.29, 1.82) is 0 Å². The molecule has 5 rings (SSSR count). The third kappa shape index (κ3) is 4.58. The van der Waals surface area contributed by atoms with Crippen molar-refractivity contribution in [1.82, 2.24) is 0 Å². The minimum absolute atomic E-state index is 0.289. The first-order valence-corrected chi connectivity index (χ1v) is 15.1. The van der Waals surface area contributed by atoms with Crippen molar-refractivity contribution in [3.63, 3.8) is 0 Å². The van der Waals surface area contributed by atoms with E-state index in [1.807, 2.05) is 18.2 Å². The summed E-state index contributed by atoms with van der Waals surface area (Å²) in [5.41, 5.74) is 16.0. The van der Waals surface area contributed by atoms with Gasteiger partial charge in [0.2, 0.25) is 0 Å². The molecular formula is C33H52N2O. The van der Waals surface area contributed by atoms with Crippen LogP contribution in [-0.2, 0) is 0 Å². The third-order valence-corrected chi connectivity index (χ3v) is 11.9. The Labute approximate surface area is 220 Å². The Morgan fingerprint density at radius 3 is 2.50 bits per heavy atom. The Balaban J connectivity index is 1.25. The van der Waals surface area contributed by atoms with Crippen LogP contribution in [0.4, 0.5) is 11.4 Å². The summed E-state index contributed by atoms with van der Waals surface area (Å²) >= 11 is 0. The van der Waals surface area contributed by atoms with Crippen LogP contribution in [-0.4, -0.2) is 6.10 Å². The fourth-order valence-electron chi connectivity index (χ4n) is 9.99. The van der Waals surface area contributed by atoms with Crippen LogP contribution < -0.4 is 16.2 Å². The molecule has 9 atom stereocenters. The fraction of sp³-hybridized carbons (Fsp3) is 0.758. The van der Waals surface area contributed by atoms with Gasteiger partial charge in [-0.3, -0.25) is 0 Å². The van der Waals surface area contributed by atoms with Gasteiger partial charge < -0.3 is 16.2 Å². The van der Waals surface area contributed by atoms with Gasteiger partial charge in [-0.1, -0.05) is 32.4 Å². The van der Waals surface area contributed by atoms with Crippen molar-refractivity contribution < 1.29 is 4.74 Å². The van der Waals surface area contributed by atoms with E-state index >= 15 is 0 Å². The summed E-state index contributed by atoms with van der Waals surface area (Å²) in [7, 11) is 0. The molecule has 9 unspecified atom stereocenters. The summed E-state index contributed by atoms with van der Waals surface area (Å²) in [6.45, 7) is 12.4. The molecule has 0 amide bonds. The van der Waals surface area contributed by atoms with Gasteiger partial charge in [0.05, 0.1) is 11.8 Å². The van der Waals surface area contributed by atoms with Gasteiger partial charge in [-0.15, -0.1) is 0 Å². The molecule has 1 aromatic carbocycles. The molecule has 0 aliphatic heterocycles. The normalized spacial score (nSPS) is 40.5. The van der Waals surface area contributed by atoms with Gasteiger partial charge in [-0.2, -0.15) is 0 Å². The second-order valence-corrected chi connectivity index (χ2v) is 14.0. The molecule has 0 aromatic heterocycles. The Hall–Kier alpha value is -1.64. The van der Waals surface area contributed by atoms with Gasteiger partial charge in [0.15, 0.2) is 0 Å². The van der Waals surface area contributed by atoms with E-state index in [0.29, 0.717) is 22.2 Å². The van der Waals surface area contributed by atoms with Crippen LogP contribution in [0.2, 0.25) is 0 Å². The number of benzene rings is 1. The Morgan fingerprint density at radius 1 is 1.00 bits per heavy atom.